The number of rotatable bonds is 6. The number of hydrogen-bond donors (Lipinski definition) is 0. The van der Waals surface area contributed by atoms with Gasteiger partial charge in [-0.05, 0) is 25.1 Å². The molecule has 0 spiro atoms. The van der Waals surface area contributed by atoms with Crippen LogP contribution in [0.1, 0.15) is 23.8 Å². The van der Waals surface area contributed by atoms with E-state index in [-0.39, 0.29) is 24.1 Å². The van der Waals surface area contributed by atoms with Gasteiger partial charge in [-0.3, -0.25) is 4.79 Å². The maximum absolute atomic E-state index is 12.4. The summed E-state index contributed by atoms with van der Waals surface area (Å²) in [6, 6.07) is 8.64. The van der Waals surface area contributed by atoms with Gasteiger partial charge in [0.25, 0.3) is 5.91 Å². The van der Waals surface area contributed by atoms with Crippen molar-refractivity contribution in [1.29, 1.82) is 5.26 Å². The first-order valence-electron chi connectivity index (χ1n) is 7.35. The van der Waals surface area contributed by atoms with E-state index in [1.54, 1.807) is 52.5 Å². The number of nitriles is 1. The van der Waals surface area contributed by atoms with Crippen molar-refractivity contribution in [1.82, 2.24) is 10.1 Å². The number of nitrogens with zero attached hydrogens (tertiary/aromatic N) is 3. The topological polar surface area (TPSA) is 88.6 Å². The Balaban J connectivity index is 2.31. The Morgan fingerprint density at radius 1 is 1.38 bits per heavy atom. The summed E-state index contributed by atoms with van der Waals surface area (Å²) in [6.07, 6.45) is 0.247. The highest BCUT2D eigenvalue weighted by Gasteiger charge is 2.22. The van der Waals surface area contributed by atoms with E-state index >= 15 is 0 Å². The summed E-state index contributed by atoms with van der Waals surface area (Å²) in [5.74, 6) is 1.30. The smallest absolute Gasteiger partial charge is 0.276 e. The van der Waals surface area contributed by atoms with Gasteiger partial charge < -0.3 is 18.9 Å². The Hall–Kier alpha value is -3.01. The Morgan fingerprint density at radius 2 is 2.12 bits per heavy atom. The molecule has 1 aromatic carbocycles. The molecule has 1 heterocycles. The maximum Gasteiger partial charge on any atom is 0.276 e. The fraction of sp³-hybridized carbons (Fsp3) is 0.353. The van der Waals surface area contributed by atoms with E-state index in [1.807, 2.05) is 6.07 Å². The van der Waals surface area contributed by atoms with E-state index in [1.165, 1.54) is 4.90 Å². The van der Waals surface area contributed by atoms with Gasteiger partial charge in [-0.2, -0.15) is 5.26 Å². The van der Waals surface area contributed by atoms with E-state index in [2.05, 4.69) is 5.16 Å². The highest BCUT2D eigenvalue weighted by Crippen LogP contribution is 2.33. The van der Waals surface area contributed by atoms with Crippen LogP contribution in [0.2, 0.25) is 0 Å². The minimum absolute atomic E-state index is 0.169. The predicted molar refractivity (Wildman–Crippen MR) is 86.8 cm³/mol. The van der Waals surface area contributed by atoms with Crippen LogP contribution in [0.15, 0.2) is 28.8 Å². The molecule has 0 fully saturated rings. The fourth-order valence-corrected chi connectivity index (χ4v) is 2.16. The quantitative estimate of drug-likeness (QED) is 0.809. The van der Waals surface area contributed by atoms with E-state index in [9.17, 15) is 4.79 Å². The molecule has 1 unspecified atom stereocenters. The molecule has 0 N–H and O–H groups in total. The fourth-order valence-electron chi connectivity index (χ4n) is 2.16. The van der Waals surface area contributed by atoms with Crippen LogP contribution in [0, 0.1) is 11.3 Å². The zero-order chi connectivity index (χ0) is 17.7. The lowest BCUT2D eigenvalue weighted by Crippen LogP contribution is -2.34. The molecular formula is C17H19N3O4. The van der Waals surface area contributed by atoms with Gasteiger partial charge in [0, 0.05) is 19.2 Å². The van der Waals surface area contributed by atoms with Crippen LogP contribution in [0.25, 0.3) is 11.3 Å². The second-order valence-corrected chi connectivity index (χ2v) is 5.27. The number of carbonyl (C=O) groups is 1. The molecule has 1 amide bonds. The van der Waals surface area contributed by atoms with Crippen molar-refractivity contribution in [3.05, 3.63) is 30.0 Å². The van der Waals surface area contributed by atoms with E-state index in [0.29, 0.717) is 22.8 Å². The van der Waals surface area contributed by atoms with Crippen molar-refractivity contribution >= 4 is 5.91 Å². The molecule has 0 aliphatic heterocycles. The molecular weight excluding hydrogens is 310 g/mol. The zero-order valence-electron chi connectivity index (χ0n) is 14.1. The third kappa shape index (κ3) is 3.49. The Bertz CT molecular complexity index is 763. The average molecular weight is 329 g/mol. The van der Waals surface area contributed by atoms with Crippen LogP contribution in [-0.4, -0.2) is 43.3 Å². The minimum atomic E-state index is -0.311. The molecule has 2 rings (SSSR count). The van der Waals surface area contributed by atoms with E-state index in [0.717, 1.165) is 0 Å². The third-order valence-electron chi connectivity index (χ3n) is 3.77. The summed E-state index contributed by atoms with van der Waals surface area (Å²) < 4.78 is 15.8. The summed E-state index contributed by atoms with van der Waals surface area (Å²) in [6.45, 7) is 1.80. The largest absolute Gasteiger partial charge is 0.497 e. The van der Waals surface area contributed by atoms with E-state index < -0.39 is 0 Å². The molecule has 7 nitrogen and oxygen atoms in total. The molecule has 0 aliphatic rings. The molecule has 1 atom stereocenters. The third-order valence-corrected chi connectivity index (χ3v) is 3.77. The lowest BCUT2D eigenvalue weighted by Gasteiger charge is -2.21. The molecule has 2 aromatic rings. The molecule has 24 heavy (non-hydrogen) atoms. The van der Waals surface area contributed by atoms with E-state index in [4.69, 9.17) is 19.3 Å². The van der Waals surface area contributed by atoms with Crippen molar-refractivity contribution in [2.75, 3.05) is 21.3 Å². The maximum atomic E-state index is 12.4. The van der Waals surface area contributed by atoms with Gasteiger partial charge >= 0.3 is 0 Å². The van der Waals surface area contributed by atoms with Crippen LogP contribution in [-0.2, 0) is 0 Å². The Morgan fingerprint density at radius 3 is 2.75 bits per heavy atom. The van der Waals surface area contributed by atoms with Gasteiger partial charge in [-0.1, -0.05) is 5.16 Å². The number of benzene rings is 1. The Kier molecular flexibility index (Phi) is 5.42. The summed E-state index contributed by atoms with van der Waals surface area (Å²) in [5, 5.41) is 12.6. The first-order chi connectivity index (χ1) is 11.5. The lowest BCUT2D eigenvalue weighted by atomic mass is 10.1. The highest BCUT2D eigenvalue weighted by molar-refractivity contribution is 5.93. The number of aromatic nitrogens is 1. The summed E-state index contributed by atoms with van der Waals surface area (Å²) >= 11 is 0. The van der Waals surface area contributed by atoms with Crippen LogP contribution in [0.5, 0.6) is 11.5 Å². The molecule has 7 heteroatoms. The van der Waals surface area contributed by atoms with Gasteiger partial charge in [-0.15, -0.1) is 0 Å². The SMILES string of the molecule is COc1ccc(OC)c(-c2cc(C(=O)N(C)C(C)CC#N)no2)c1. The van der Waals surface area contributed by atoms with Crippen molar-refractivity contribution in [2.24, 2.45) is 0 Å². The monoisotopic (exact) mass is 329 g/mol. The van der Waals surface area contributed by atoms with Crippen molar-refractivity contribution in [3.63, 3.8) is 0 Å². The van der Waals surface area contributed by atoms with Crippen LogP contribution >= 0.6 is 0 Å². The summed E-state index contributed by atoms with van der Waals surface area (Å²) in [4.78, 5) is 13.9. The van der Waals surface area contributed by atoms with Gasteiger partial charge in [0.1, 0.15) is 11.5 Å². The normalized spacial score (nSPS) is 11.5. The number of methoxy groups -OCH3 is 2. The lowest BCUT2D eigenvalue weighted by molar-refractivity contribution is 0.0736. The van der Waals surface area contributed by atoms with Gasteiger partial charge in [0.15, 0.2) is 11.5 Å². The van der Waals surface area contributed by atoms with Crippen LogP contribution in [0.4, 0.5) is 0 Å². The van der Waals surface area contributed by atoms with Gasteiger partial charge in [0.2, 0.25) is 0 Å². The number of amides is 1. The molecule has 0 bridgehead atoms. The second-order valence-electron chi connectivity index (χ2n) is 5.27. The zero-order valence-corrected chi connectivity index (χ0v) is 14.1. The molecule has 126 valence electrons. The van der Waals surface area contributed by atoms with Crippen LogP contribution < -0.4 is 9.47 Å². The molecule has 0 saturated heterocycles. The summed E-state index contributed by atoms with van der Waals surface area (Å²) in [5.41, 5.74) is 0.804. The van der Waals surface area contributed by atoms with Crippen LogP contribution in [0.3, 0.4) is 0 Å². The van der Waals surface area contributed by atoms with Gasteiger partial charge in [0.05, 0.1) is 32.3 Å². The number of carbonyl (C=O) groups excluding carboxylic acids is 1. The molecule has 1 aromatic heterocycles. The average Bonchev–Trinajstić information content (AvgIpc) is 3.09. The second kappa shape index (κ2) is 7.51. The van der Waals surface area contributed by atoms with Gasteiger partial charge in [-0.25, -0.2) is 0 Å². The van der Waals surface area contributed by atoms with Crippen molar-refractivity contribution in [3.8, 4) is 28.9 Å². The van der Waals surface area contributed by atoms with Crippen molar-refractivity contribution in [2.45, 2.75) is 19.4 Å². The molecule has 0 aliphatic carbocycles. The standard InChI is InChI=1S/C17H19N3O4/c1-11(7-8-18)20(2)17(21)14-10-16(24-19-14)13-9-12(22-3)5-6-15(13)23-4/h5-6,9-11H,7H2,1-4H3. The first-order valence-corrected chi connectivity index (χ1v) is 7.35. The summed E-state index contributed by atoms with van der Waals surface area (Å²) in [7, 11) is 4.74. The predicted octanol–water partition coefficient (Wildman–Crippen LogP) is 2.73. The minimum Gasteiger partial charge on any atom is -0.497 e. The number of hydrogen-bond acceptors (Lipinski definition) is 6. The number of ether oxygens (including phenoxy) is 2. The first kappa shape index (κ1) is 17.3. The highest BCUT2D eigenvalue weighted by atomic mass is 16.5. The molecule has 0 radical (unpaired) electrons. The van der Waals surface area contributed by atoms with Crippen molar-refractivity contribution < 1.29 is 18.8 Å². The Labute approximate surface area is 140 Å². The molecule has 0 saturated carbocycles.